The second-order valence-electron chi connectivity index (χ2n) is 3.64. The molecule has 0 aliphatic rings. The molecule has 1 aromatic carbocycles. The van der Waals surface area contributed by atoms with Crippen LogP contribution in [0.5, 0.6) is 0 Å². The van der Waals surface area contributed by atoms with Crippen molar-refractivity contribution in [2.45, 2.75) is 26.3 Å². The molecule has 0 aromatic heterocycles. The number of halogens is 2. The van der Waals surface area contributed by atoms with Gasteiger partial charge in [-0.2, -0.15) is 0 Å². The number of nitrogens with two attached hydrogens (primary N) is 1. The van der Waals surface area contributed by atoms with Gasteiger partial charge in [0, 0.05) is 12.5 Å². The van der Waals surface area contributed by atoms with Crippen LogP contribution in [0.15, 0.2) is 23.2 Å². The maximum absolute atomic E-state index is 5.89. The van der Waals surface area contributed by atoms with Crippen LogP contribution in [0.1, 0.15) is 19.4 Å². The molecule has 0 radical (unpaired) electrons. The number of nitrogens with zero attached hydrogens (tertiary/aromatic N) is 1. The second-order valence-corrected chi connectivity index (χ2v) is 4.45. The van der Waals surface area contributed by atoms with Gasteiger partial charge in [-0.3, -0.25) is 4.99 Å². The van der Waals surface area contributed by atoms with E-state index in [9.17, 15) is 0 Å². The molecule has 0 spiro atoms. The fourth-order valence-corrected chi connectivity index (χ4v) is 1.56. The van der Waals surface area contributed by atoms with E-state index in [-0.39, 0.29) is 6.04 Å². The van der Waals surface area contributed by atoms with Gasteiger partial charge >= 0.3 is 0 Å². The molecule has 0 saturated heterocycles. The summed E-state index contributed by atoms with van der Waals surface area (Å²) in [5.74, 6) is 0.614. The Bertz CT molecular complexity index is 373. The third kappa shape index (κ3) is 4.10. The molecule has 0 atom stereocenters. The molecule has 0 unspecified atom stereocenters. The summed E-state index contributed by atoms with van der Waals surface area (Å²) >= 11 is 11.7. The SMILES string of the molecule is CC(C)N=C(N)Cc1ccc(Cl)c(Cl)c1. The summed E-state index contributed by atoms with van der Waals surface area (Å²) in [7, 11) is 0. The highest BCUT2D eigenvalue weighted by Crippen LogP contribution is 2.22. The molecular formula is C11H14Cl2N2. The quantitative estimate of drug-likeness (QED) is 0.644. The fourth-order valence-electron chi connectivity index (χ4n) is 1.24. The van der Waals surface area contributed by atoms with E-state index < -0.39 is 0 Å². The van der Waals surface area contributed by atoms with Gasteiger partial charge in [-0.25, -0.2) is 0 Å². The summed E-state index contributed by atoms with van der Waals surface area (Å²) < 4.78 is 0. The zero-order valence-corrected chi connectivity index (χ0v) is 10.3. The standard InChI is InChI=1S/C11H14Cl2N2/c1-7(2)15-11(14)6-8-3-4-9(12)10(13)5-8/h3-5,7H,6H2,1-2H3,(H2,14,15). The molecular weight excluding hydrogens is 231 g/mol. The van der Waals surface area contributed by atoms with Crippen molar-refractivity contribution in [1.29, 1.82) is 0 Å². The molecule has 2 nitrogen and oxygen atoms in total. The summed E-state index contributed by atoms with van der Waals surface area (Å²) in [6.07, 6.45) is 0.606. The Morgan fingerprint density at radius 1 is 1.33 bits per heavy atom. The van der Waals surface area contributed by atoms with E-state index in [1.165, 1.54) is 0 Å². The van der Waals surface area contributed by atoms with Crippen molar-refractivity contribution in [3.8, 4) is 0 Å². The highest BCUT2D eigenvalue weighted by atomic mass is 35.5. The van der Waals surface area contributed by atoms with E-state index in [4.69, 9.17) is 28.9 Å². The summed E-state index contributed by atoms with van der Waals surface area (Å²) in [6, 6.07) is 5.69. The van der Waals surface area contributed by atoms with Crippen LogP contribution < -0.4 is 5.73 Å². The molecule has 0 aliphatic heterocycles. The number of hydrogen-bond donors (Lipinski definition) is 1. The highest BCUT2D eigenvalue weighted by Gasteiger charge is 2.02. The number of benzene rings is 1. The van der Waals surface area contributed by atoms with Gasteiger partial charge in [-0.1, -0.05) is 29.3 Å². The van der Waals surface area contributed by atoms with Crippen LogP contribution in [-0.4, -0.2) is 11.9 Å². The second kappa shape index (κ2) is 5.38. The first-order valence-electron chi connectivity index (χ1n) is 4.75. The van der Waals surface area contributed by atoms with E-state index in [0.717, 1.165) is 5.56 Å². The molecule has 0 saturated carbocycles. The zero-order valence-electron chi connectivity index (χ0n) is 8.80. The largest absolute Gasteiger partial charge is 0.387 e. The van der Waals surface area contributed by atoms with E-state index in [1.807, 2.05) is 26.0 Å². The van der Waals surface area contributed by atoms with Crippen LogP contribution in [0.2, 0.25) is 10.0 Å². The van der Waals surface area contributed by atoms with E-state index >= 15 is 0 Å². The Morgan fingerprint density at radius 3 is 2.53 bits per heavy atom. The van der Waals surface area contributed by atoms with Crippen LogP contribution in [0.3, 0.4) is 0 Å². The lowest BCUT2D eigenvalue weighted by Gasteiger charge is -2.04. The van der Waals surface area contributed by atoms with Gasteiger partial charge < -0.3 is 5.73 Å². The van der Waals surface area contributed by atoms with Crippen molar-refractivity contribution >= 4 is 29.0 Å². The lowest BCUT2D eigenvalue weighted by atomic mass is 10.1. The normalized spacial score (nSPS) is 12.2. The molecule has 15 heavy (non-hydrogen) atoms. The summed E-state index contributed by atoms with van der Waals surface area (Å²) in [4.78, 5) is 4.24. The number of amidine groups is 1. The predicted octanol–water partition coefficient (Wildman–Crippen LogP) is 3.30. The van der Waals surface area contributed by atoms with Crippen LogP contribution >= 0.6 is 23.2 Å². The number of rotatable bonds is 3. The van der Waals surface area contributed by atoms with Crippen molar-refractivity contribution in [2.75, 3.05) is 0 Å². The zero-order chi connectivity index (χ0) is 11.4. The molecule has 4 heteroatoms. The first-order chi connectivity index (χ1) is 6.99. The third-order valence-electron chi connectivity index (χ3n) is 1.79. The van der Waals surface area contributed by atoms with Crippen LogP contribution in [0, 0.1) is 0 Å². The first kappa shape index (κ1) is 12.3. The molecule has 2 N–H and O–H groups in total. The minimum atomic E-state index is 0.216. The third-order valence-corrected chi connectivity index (χ3v) is 2.53. The maximum Gasteiger partial charge on any atom is 0.0984 e. The van der Waals surface area contributed by atoms with Crippen molar-refractivity contribution in [2.24, 2.45) is 10.7 Å². The van der Waals surface area contributed by atoms with Gasteiger partial charge in [-0.05, 0) is 31.5 Å². The summed E-state index contributed by atoms with van der Waals surface area (Å²) in [5, 5.41) is 1.10. The lowest BCUT2D eigenvalue weighted by molar-refractivity contribution is 0.829. The minimum Gasteiger partial charge on any atom is -0.387 e. The minimum absolute atomic E-state index is 0.216. The van der Waals surface area contributed by atoms with Crippen LogP contribution in [0.4, 0.5) is 0 Å². The first-order valence-corrected chi connectivity index (χ1v) is 5.50. The highest BCUT2D eigenvalue weighted by molar-refractivity contribution is 6.42. The molecule has 1 rings (SSSR count). The molecule has 0 fully saturated rings. The van der Waals surface area contributed by atoms with E-state index in [2.05, 4.69) is 4.99 Å². The number of aliphatic imine (C=N–C) groups is 1. The monoisotopic (exact) mass is 244 g/mol. The van der Waals surface area contributed by atoms with E-state index in [1.54, 1.807) is 6.07 Å². The van der Waals surface area contributed by atoms with Gasteiger partial charge in [0.25, 0.3) is 0 Å². The van der Waals surface area contributed by atoms with Gasteiger partial charge in [0.05, 0.1) is 15.9 Å². The molecule has 0 amide bonds. The Morgan fingerprint density at radius 2 is 2.00 bits per heavy atom. The summed E-state index contributed by atoms with van der Waals surface area (Å²) in [6.45, 7) is 3.98. The average Bonchev–Trinajstić information content (AvgIpc) is 2.10. The number of hydrogen-bond acceptors (Lipinski definition) is 1. The van der Waals surface area contributed by atoms with Crippen LogP contribution in [-0.2, 0) is 6.42 Å². The van der Waals surface area contributed by atoms with Gasteiger partial charge in [0.15, 0.2) is 0 Å². The molecule has 0 aliphatic carbocycles. The molecule has 0 bridgehead atoms. The summed E-state index contributed by atoms with van der Waals surface area (Å²) in [5.41, 5.74) is 6.79. The Balaban J connectivity index is 2.77. The fraction of sp³-hybridized carbons (Fsp3) is 0.364. The van der Waals surface area contributed by atoms with E-state index in [0.29, 0.717) is 22.3 Å². The van der Waals surface area contributed by atoms with Crippen LogP contribution in [0.25, 0.3) is 0 Å². The van der Waals surface area contributed by atoms with Crippen molar-refractivity contribution in [3.63, 3.8) is 0 Å². The van der Waals surface area contributed by atoms with Gasteiger partial charge in [0.2, 0.25) is 0 Å². The van der Waals surface area contributed by atoms with Crippen molar-refractivity contribution < 1.29 is 0 Å². The molecule has 1 aromatic rings. The topological polar surface area (TPSA) is 38.4 Å². The smallest absolute Gasteiger partial charge is 0.0984 e. The Hall–Kier alpha value is -0.730. The lowest BCUT2D eigenvalue weighted by Crippen LogP contribution is -2.17. The maximum atomic E-state index is 5.89. The van der Waals surface area contributed by atoms with Gasteiger partial charge in [0.1, 0.15) is 0 Å². The Kier molecular flexibility index (Phi) is 4.43. The average molecular weight is 245 g/mol. The van der Waals surface area contributed by atoms with Crippen molar-refractivity contribution in [1.82, 2.24) is 0 Å². The predicted molar refractivity (Wildman–Crippen MR) is 66.9 cm³/mol. The Labute approximate surface area is 100 Å². The van der Waals surface area contributed by atoms with Gasteiger partial charge in [-0.15, -0.1) is 0 Å². The molecule has 0 heterocycles. The van der Waals surface area contributed by atoms with Crippen molar-refractivity contribution in [3.05, 3.63) is 33.8 Å². The molecule has 82 valence electrons.